The summed E-state index contributed by atoms with van der Waals surface area (Å²) >= 11 is 0. The van der Waals surface area contributed by atoms with Crippen LogP contribution in [0.15, 0.2) is 48.5 Å². The van der Waals surface area contributed by atoms with E-state index in [-0.39, 0.29) is 21.7 Å². The lowest BCUT2D eigenvalue weighted by atomic mass is 9.75. The molecule has 0 atom stereocenters. The minimum absolute atomic E-state index is 0.240. The highest BCUT2D eigenvalue weighted by Gasteiger charge is 2.24. The zero-order valence-corrected chi connectivity index (χ0v) is 20.6. The second-order valence-electron chi connectivity index (χ2n) is 12.1. The van der Waals surface area contributed by atoms with Gasteiger partial charge in [0.1, 0.15) is 0 Å². The van der Waals surface area contributed by atoms with Crippen molar-refractivity contribution in [1.82, 2.24) is 0 Å². The molecule has 2 aromatic rings. The molecule has 0 fully saturated rings. The molecule has 0 N–H and O–H groups in total. The maximum atomic E-state index is 2.28. The summed E-state index contributed by atoms with van der Waals surface area (Å²) in [5, 5.41) is 0. The SMILES string of the molecule is CC(C)(C)c1ccc(C(C)(C)C)cc1.CC(C)(C)c1ccccc1C(C)(C)C. The molecule has 28 heavy (non-hydrogen) atoms. The van der Waals surface area contributed by atoms with Gasteiger partial charge in [0.25, 0.3) is 0 Å². The normalized spacial score (nSPS) is 13.0. The van der Waals surface area contributed by atoms with Gasteiger partial charge in [0.15, 0.2) is 0 Å². The third-order valence-corrected chi connectivity index (χ3v) is 5.16. The molecule has 156 valence electrons. The molecule has 0 heteroatoms. The molecule has 2 aromatic carbocycles. The third kappa shape index (κ3) is 7.12. The highest BCUT2D eigenvalue weighted by molar-refractivity contribution is 5.37. The van der Waals surface area contributed by atoms with Crippen LogP contribution in [0.25, 0.3) is 0 Å². The van der Waals surface area contributed by atoms with Crippen molar-refractivity contribution in [2.24, 2.45) is 0 Å². The van der Waals surface area contributed by atoms with E-state index in [1.807, 2.05) is 0 Å². The Morgan fingerprint density at radius 1 is 0.357 bits per heavy atom. The molecule has 0 aliphatic heterocycles. The quantitative estimate of drug-likeness (QED) is 0.429. The predicted octanol–water partition coefficient (Wildman–Crippen LogP) is 8.56. The van der Waals surface area contributed by atoms with E-state index in [9.17, 15) is 0 Å². The molecule has 2 rings (SSSR count). The number of rotatable bonds is 0. The fourth-order valence-electron chi connectivity index (χ4n) is 3.26. The van der Waals surface area contributed by atoms with E-state index in [4.69, 9.17) is 0 Å². The second-order valence-corrected chi connectivity index (χ2v) is 12.1. The summed E-state index contributed by atoms with van der Waals surface area (Å²) in [7, 11) is 0. The Morgan fingerprint density at radius 3 is 0.786 bits per heavy atom. The molecule has 0 bridgehead atoms. The van der Waals surface area contributed by atoms with Crippen molar-refractivity contribution >= 4 is 0 Å². The topological polar surface area (TPSA) is 0 Å². The molecular weight excluding hydrogens is 336 g/mol. The Balaban J connectivity index is 0.000000280. The van der Waals surface area contributed by atoms with Gasteiger partial charge in [0, 0.05) is 0 Å². The van der Waals surface area contributed by atoms with E-state index in [1.54, 1.807) is 0 Å². The lowest BCUT2D eigenvalue weighted by Gasteiger charge is -2.29. The van der Waals surface area contributed by atoms with Gasteiger partial charge in [-0.15, -0.1) is 0 Å². The predicted molar refractivity (Wildman–Crippen MR) is 128 cm³/mol. The van der Waals surface area contributed by atoms with Crippen LogP contribution in [0.5, 0.6) is 0 Å². The summed E-state index contributed by atoms with van der Waals surface area (Å²) in [5.41, 5.74) is 6.75. The van der Waals surface area contributed by atoms with Gasteiger partial charge < -0.3 is 0 Å². The molecule has 0 radical (unpaired) electrons. The van der Waals surface area contributed by atoms with Crippen LogP contribution in [-0.2, 0) is 21.7 Å². The van der Waals surface area contributed by atoms with Gasteiger partial charge in [0.2, 0.25) is 0 Å². The summed E-state index contributed by atoms with van der Waals surface area (Å²) in [5.74, 6) is 0. The monoisotopic (exact) mass is 380 g/mol. The first-order valence-electron chi connectivity index (χ1n) is 10.6. The zero-order chi connectivity index (χ0) is 22.0. The first kappa shape index (κ1) is 24.5. The zero-order valence-electron chi connectivity index (χ0n) is 20.6. The Bertz CT molecular complexity index is 667. The van der Waals surface area contributed by atoms with E-state index in [2.05, 4.69) is 132 Å². The van der Waals surface area contributed by atoms with Crippen LogP contribution in [0, 0.1) is 0 Å². The van der Waals surface area contributed by atoms with Crippen LogP contribution >= 0.6 is 0 Å². The van der Waals surface area contributed by atoms with Crippen LogP contribution in [0.2, 0.25) is 0 Å². The average molecular weight is 381 g/mol. The molecule has 0 unspecified atom stereocenters. The Kier molecular flexibility index (Phi) is 7.38. The molecule has 0 aliphatic carbocycles. The van der Waals surface area contributed by atoms with Gasteiger partial charge in [-0.25, -0.2) is 0 Å². The average Bonchev–Trinajstić information content (AvgIpc) is 2.52. The molecule has 0 aromatic heterocycles. The summed E-state index contributed by atoms with van der Waals surface area (Å²) < 4.78 is 0. The van der Waals surface area contributed by atoms with Gasteiger partial charge in [-0.3, -0.25) is 0 Å². The molecular formula is C28H44. The molecule has 0 nitrogen and oxygen atoms in total. The van der Waals surface area contributed by atoms with Crippen LogP contribution < -0.4 is 0 Å². The van der Waals surface area contributed by atoms with Crippen LogP contribution in [0.4, 0.5) is 0 Å². The van der Waals surface area contributed by atoms with Crippen molar-refractivity contribution in [3.8, 4) is 0 Å². The van der Waals surface area contributed by atoms with Crippen molar-refractivity contribution in [2.45, 2.75) is 105 Å². The first-order valence-corrected chi connectivity index (χ1v) is 10.6. The Morgan fingerprint density at radius 2 is 0.607 bits per heavy atom. The van der Waals surface area contributed by atoms with Crippen molar-refractivity contribution in [2.75, 3.05) is 0 Å². The minimum atomic E-state index is 0.240. The molecule has 0 spiro atoms. The molecule has 0 saturated carbocycles. The highest BCUT2D eigenvalue weighted by atomic mass is 14.3. The largest absolute Gasteiger partial charge is 0.0620 e. The summed E-state index contributed by atoms with van der Waals surface area (Å²) in [6.07, 6.45) is 0. The molecule has 0 heterocycles. The minimum Gasteiger partial charge on any atom is -0.0620 e. The first-order chi connectivity index (χ1) is 12.4. The lowest BCUT2D eigenvalue weighted by molar-refractivity contribution is 0.530. The third-order valence-electron chi connectivity index (χ3n) is 5.16. The highest BCUT2D eigenvalue weighted by Crippen LogP contribution is 2.33. The van der Waals surface area contributed by atoms with Crippen molar-refractivity contribution in [1.29, 1.82) is 0 Å². The van der Waals surface area contributed by atoms with Crippen molar-refractivity contribution in [3.63, 3.8) is 0 Å². The number of benzene rings is 2. The maximum Gasteiger partial charge on any atom is -0.0129 e. The van der Waals surface area contributed by atoms with Crippen molar-refractivity contribution < 1.29 is 0 Å². The smallest absolute Gasteiger partial charge is 0.0129 e. The van der Waals surface area contributed by atoms with Gasteiger partial charge in [-0.1, -0.05) is 132 Å². The Labute approximate surface area is 175 Å². The van der Waals surface area contributed by atoms with E-state index < -0.39 is 0 Å². The molecule has 0 saturated heterocycles. The second kappa shape index (κ2) is 8.44. The van der Waals surface area contributed by atoms with Crippen LogP contribution in [-0.4, -0.2) is 0 Å². The van der Waals surface area contributed by atoms with E-state index in [1.165, 1.54) is 22.3 Å². The van der Waals surface area contributed by atoms with Gasteiger partial charge in [-0.2, -0.15) is 0 Å². The van der Waals surface area contributed by atoms with Crippen molar-refractivity contribution in [3.05, 3.63) is 70.8 Å². The lowest BCUT2D eigenvalue weighted by Crippen LogP contribution is -2.21. The fraction of sp³-hybridized carbons (Fsp3) is 0.571. The number of hydrogen-bond acceptors (Lipinski definition) is 0. The standard InChI is InChI=1S/2C14H22/c1-13(2,3)11-7-9-12(10-8-11)14(4,5)6;1-13(2,3)11-9-7-8-10-12(11)14(4,5)6/h2*7-10H,1-6H3. The van der Waals surface area contributed by atoms with Gasteiger partial charge in [0.05, 0.1) is 0 Å². The number of hydrogen-bond donors (Lipinski definition) is 0. The summed E-state index contributed by atoms with van der Waals surface area (Å²) in [6, 6.07) is 17.8. The van der Waals surface area contributed by atoms with Gasteiger partial charge in [-0.05, 0) is 43.9 Å². The summed E-state index contributed by atoms with van der Waals surface area (Å²) in [6.45, 7) is 27.1. The van der Waals surface area contributed by atoms with Crippen LogP contribution in [0.1, 0.15) is 105 Å². The van der Waals surface area contributed by atoms with E-state index in [0.29, 0.717) is 0 Å². The summed E-state index contributed by atoms with van der Waals surface area (Å²) in [4.78, 5) is 0. The molecule has 0 aliphatic rings. The maximum absolute atomic E-state index is 2.28. The molecule has 0 amide bonds. The van der Waals surface area contributed by atoms with E-state index in [0.717, 1.165) is 0 Å². The Hall–Kier alpha value is -1.56. The van der Waals surface area contributed by atoms with Crippen LogP contribution in [0.3, 0.4) is 0 Å². The van der Waals surface area contributed by atoms with E-state index >= 15 is 0 Å². The fourth-order valence-corrected chi connectivity index (χ4v) is 3.26. The van der Waals surface area contributed by atoms with Gasteiger partial charge >= 0.3 is 0 Å².